The van der Waals surface area contributed by atoms with E-state index >= 15 is 0 Å². The number of carboxylic acids is 1. The summed E-state index contributed by atoms with van der Waals surface area (Å²) in [6, 6.07) is 7.80. The van der Waals surface area contributed by atoms with Crippen molar-refractivity contribution < 1.29 is 14.7 Å². The molecule has 0 heterocycles. The molecular formula is C17H24N2O3. The van der Waals surface area contributed by atoms with Crippen LogP contribution in [-0.4, -0.2) is 41.5 Å². The van der Waals surface area contributed by atoms with Crippen molar-refractivity contribution in [2.24, 2.45) is 5.92 Å². The van der Waals surface area contributed by atoms with Crippen LogP contribution >= 0.6 is 0 Å². The molecule has 0 saturated heterocycles. The highest BCUT2D eigenvalue weighted by molar-refractivity contribution is 5.94. The Balaban J connectivity index is 1.97. The monoisotopic (exact) mass is 304 g/mol. The predicted molar refractivity (Wildman–Crippen MR) is 86.1 cm³/mol. The minimum absolute atomic E-state index is 0.0146. The van der Waals surface area contributed by atoms with Gasteiger partial charge >= 0.3 is 5.97 Å². The highest BCUT2D eigenvalue weighted by atomic mass is 16.4. The molecule has 22 heavy (non-hydrogen) atoms. The lowest BCUT2D eigenvalue weighted by Gasteiger charge is -2.27. The van der Waals surface area contributed by atoms with Crippen molar-refractivity contribution >= 4 is 17.6 Å². The number of carbonyl (C=O) groups excluding carboxylic acids is 1. The van der Waals surface area contributed by atoms with Gasteiger partial charge in [0.1, 0.15) is 0 Å². The summed E-state index contributed by atoms with van der Waals surface area (Å²) in [7, 11) is 1.79. The standard InChI is InChI=1S/C17H24N2O3/c1-3-19(2)16(20)13-5-4-6-15(11-13)18-14-9-7-12(8-10-14)17(21)22/h4-6,11-12,14,18H,3,7-10H2,1-2H3,(H,21,22). The van der Waals surface area contributed by atoms with Crippen LogP contribution in [0.15, 0.2) is 24.3 Å². The van der Waals surface area contributed by atoms with E-state index in [1.165, 1.54) is 0 Å². The van der Waals surface area contributed by atoms with Gasteiger partial charge in [-0.15, -0.1) is 0 Å². The van der Waals surface area contributed by atoms with E-state index in [-0.39, 0.29) is 17.9 Å². The SMILES string of the molecule is CCN(C)C(=O)c1cccc(NC2CCC(C(=O)O)CC2)c1. The smallest absolute Gasteiger partial charge is 0.306 e. The van der Waals surface area contributed by atoms with E-state index in [0.29, 0.717) is 24.9 Å². The molecule has 1 aliphatic rings. The summed E-state index contributed by atoms with van der Waals surface area (Å²) in [5.41, 5.74) is 1.60. The number of hydrogen-bond donors (Lipinski definition) is 2. The molecule has 0 radical (unpaired) electrons. The third-order valence-electron chi connectivity index (χ3n) is 4.38. The number of rotatable bonds is 5. The summed E-state index contributed by atoms with van der Waals surface area (Å²) in [4.78, 5) is 24.8. The fraction of sp³-hybridized carbons (Fsp3) is 0.529. The number of carbonyl (C=O) groups is 2. The molecule has 0 spiro atoms. The van der Waals surface area contributed by atoms with E-state index in [9.17, 15) is 9.59 Å². The van der Waals surface area contributed by atoms with Gasteiger partial charge in [0.15, 0.2) is 0 Å². The number of carboxylic acid groups (broad SMARTS) is 1. The van der Waals surface area contributed by atoms with Crippen LogP contribution < -0.4 is 5.32 Å². The summed E-state index contributed by atoms with van der Waals surface area (Å²) < 4.78 is 0. The molecule has 0 bridgehead atoms. The molecule has 1 fully saturated rings. The van der Waals surface area contributed by atoms with Gasteiger partial charge in [0.25, 0.3) is 5.91 Å². The maximum atomic E-state index is 12.2. The van der Waals surface area contributed by atoms with E-state index in [1.54, 1.807) is 11.9 Å². The number of nitrogens with zero attached hydrogens (tertiary/aromatic N) is 1. The molecule has 2 rings (SSSR count). The zero-order chi connectivity index (χ0) is 16.1. The highest BCUT2D eigenvalue weighted by Crippen LogP contribution is 2.27. The molecule has 1 aliphatic carbocycles. The van der Waals surface area contributed by atoms with Crippen molar-refractivity contribution in [1.82, 2.24) is 4.90 Å². The zero-order valence-electron chi connectivity index (χ0n) is 13.2. The van der Waals surface area contributed by atoms with E-state index in [2.05, 4.69) is 5.32 Å². The van der Waals surface area contributed by atoms with Crippen LogP contribution in [0.5, 0.6) is 0 Å². The normalized spacial score (nSPS) is 21.2. The molecule has 0 aromatic heterocycles. The van der Waals surface area contributed by atoms with Crippen LogP contribution in [0.2, 0.25) is 0 Å². The van der Waals surface area contributed by atoms with Gasteiger partial charge in [-0.25, -0.2) is 0 Å². The summed E-state index contributed by atoms with van der Waals surface area (Å²) >= 11 is 0. The quantitative estimate of drug-likeness (QED) is 0.877. The van der Waals surface area contributed by atoms with Crippen molar-refractivity contribution in [2.45, 2.75) is 38.6 Å². The number of amides is 1. The average molecular weight is 304 g/mol. The van der Waals surface area contributed by atoms with Crippen LogP contribution in [0, 0.1) is 5.92 Å². The van der Waals surface area contributed by atoms with E-state index in [1.807, 2.05) is 31.2 Å². The first-order valence-corrected chi connectivity index (χ1v) is 7.86. The van der Waals surface area contributed by atoms with Gasteiger partial charge in [-0.05, 0) is 50.8 Å². The van der Waals surface area contributed by atoms with Crippen molar-refractivity contribution in [3.8, 4) is 0 Å². The first-order chi connectivity index (χ1) is 10.5. The maximum Gasteiger partial charge on any atom is 0.306 e. The van der Waals surface area contributed by atoms with Crippen molar-refractivity contribution in [3.63, 3.8) is 0 Å². The topological polar surface area (TPSA) is 69.6 Å². The number of anilines is 1. The Morgan fingerprint density at radius 2 is 1.95 bits per heavy atom. The molecule has 120 valence electrons. The first kappa shape index (κ1) is 16.3. The van der Waals surface area contributed by atoms with E-state index in [4.69, 9.17) is 5.11 Å². The maximum absolute atomic E-state index is 12.2. The second-order valence-corrected chi connectivity index (χ2v) is 5.93. The predicted octanol–water partition coefficient (Wildman–Crippen LogP) is 2.83. The largest absolute Gasteiger partial charge is 0.481 e. The van der Waals surface area contributed by atoms with Crippen molar-refractivity contribution in [2.75, 3.05) is 18.9 Å². The van der Waals surface area contributed by atoms with Crippen molar-refractivity contribution in [3.05, 3.63) is 29.8 Å². The summed E-state index contributed by atoms with van der Waals surface area (Å²) in [6.07, 6.45) is 3.13. The van der Waals surface area contributed by atoms with Gasteiger partial charge in [0.05, 0.1) is 5.92 Å². The Morgan fingerprint density at radius 1 is 1.27 bits per heavy atom. The van der Waals surface area contributed by atoms with Crippen LogP contribution in [0.25, 0.3) is 0 Å². The molecule has 1 amide bonds. The Kier molecular flexibility index (Phi) is 5.41. The summed E-state index contributed by atoms with van der Waals surface area (Å²) in [5, 5.41) is 12.5. The highest BCUT2D eigenvalue weighted by Gasteiger charge is 2.25. The number of hydrogen-bond acceptors (Lipinski definition) is 3. The van der Waals surface area contributed by atoms with Gasteiger partial charge in [-0.1, -0.05) is 6.07 Å². The molecule has 1 aromatic rings. The minimum atomic E-state index is -0.686. The Morgan fingerprint density at radius 3 is 2.55 bits per heavy atom. The lowest BCUT2D eigenvalue weighted by molar-refractivity contribution is -0.142. The molecule has 5 nitrogen and oxygen atoms in total. The lowest BCUT2D eigenvalue weighted by Crippen LogP contribution is -2.29. The average Bonchev–Trinajstić information content (AvgIpc) is 2.54. The third kappa shape index (κ3) is 4.00. The summed E-state index contributed by atoms with van der Waals surface area (Å²) in [5.74, 6) is -0.876. The third-order valence-corrected chi connectivity index (χ3v) is 4.38. The molecule has 0 atom stereocenters. The zero-order valence-corrected chi connectivity index (χ0v) is 13.2. The fourth-order valence-corrected chi connectivity index (χ4v) is 2.83. The van der Waals surface area contributed by atoms with E-state index in [0.717, 1.165) is 18.5 Å². The second-order valence-electron chi connectivity index (χ2n) is 5.93. The number of benzene rings is 1. The number of nitrogens with one attached hydrogen (secondary N) is 1. The minimum Gasteiger partial charge on any atom is -0.481 e. The second kappa shape index (κ2) is 7.29. The van der Waals surface area contributed by atoms with Gasteiger partial charge in [0.2, 0.25) is 0 Å². The Bertz CT molecular complexity index is 536. The number of aliphatic carboxylic acids is 1. The molecule has 1 saturated carbocycles. The van der Waals surface area contributed by atoms with Crippen LogP contribution in [0.4, 0.5) is 5.69 Å². The van der Waals surface area contributed by atoms with Gasteiger partial charge < -0.3 is 15.3 Å². The summed E-state index contributed by atoms with van der Waals surface area (Å²) in [6.45, 7) is 2.62. The van der Waals surface area contributed by atoms with Gasteiger partial charge in [-0.2, -0.15) is 0 Å². The van der Waals surface area contributed by atoms with Crippen LogP contribution in [0.3, 0.4) is 0 Å². The van der Waals surface area contributed by atoms with Crippen LogP contribution in [-0.2, 0) is 4.79 Å². The first-order valence-electron chi connectivity index (χ1n) is 7.86. The molecule has 5 heteroatoms. The molecule has 0 unspecified atom stereocenters. The molecule has 0 aliphatic heterocycles. The van der Waals surface area contributed by atoms with Crippen LogP contribution in [0.1, 0.15) is 43.0 Å². The van der Waals surface area contributed by atoms with Gasteiger partial charge in [0, 0.05) is 30.9 Å². The fourth-order valence-electron chi connectivity index (χ4n) is 2.83. The van der Waals surface area contributed by atoms with Crippen molar-refractivity contribution in [1.29, 1.82) is 0 Å². The van der Waals surface area contributed by atoms with E-state index < -0.39 is 5.97 Å². The Hall–Kier alpha value is -2.04. The molecular weight excluding hydrogens is 280 g/mol. The lowest BCUT2D eigenvalue weighted by atomic mass is 9.86. The van der Waals surface area contributed by atoms with Gasteiger partial charge in [-0.3, -0.25) is 9.59 Å². The Labute approximate surface area is 131 Å². The molecule has 2 N–H and O–H groups in total. The molecule has 1 aromatic carbocycles.